The molecule has 0 spiro atoms. The van der Waals surface area contributed by atoms with Gasteiger partial charge in [-0.25, -0.2) is 0 Å². The first-order valence-electron chi connectivity index (χ1n) is 7.62. The molecule has 1 aliphatic carbocycles. The van der Waals surface area contributed by atoms with Gasteiger partial charge in [-0.3, -0.25) is 9.69 Å². The quantitative estimate of drug-likeness (QED) is 0.906. The van der Waals surface area contributed by atoms with E-state index in [1.54, 1.807) is 11.3 Å². The normalized spacial score (nSPS) is 34.7. The van der Waals surface area contributed by atoms with Crippen LogP contribution in [-0.2, 0) is 11.2 Å². The molecule has 1 aromatic heterocycles. The fourth-order valence-corrected chi connectivity index (χ4v) is 4.84. The van der Waals surface area contributed by atoms with E-state index in [4.69, 9.17) is 0 Å². The van der Waals surface area contributed by atoms with Crippen LogP contribution in [0.25, 0.3) is 0 Å². The third-order valence-corrected chi connectivity index (χ3v) is 6.08. The molecule has 4 unspecified atom stereocenters. The fraction of sp³-hybridized carbons (Fsp3) is 0.688. The maximum absolute atomic E-state index is 11.8. The fourth-order valence-electron chi connectivity index (χ4n) is 3.93. The van der Waals surface area contributed by atoms with Gasteiger partial charge in [-0.15, -0.1) is 11.3 Å². The van der Waals surface area contributed by atoms with E-state index in [2.05, 4.69) is 18.7 Å². The lowest BCUT2D eigenvalue weighted by Gasteiger charge is -2.45. The number of thiophene rings is 1. The van der Waals surface area contributed by atoms with Crippen molar-refractivity contribution < 1.29 is 9.90 Å². The summed E-state index contributed by atoms with van der Waals surface area (Å²) >= 11 is 1.71. The summed E-state index contributed by atoms with van der Waals surface area (Å²) in [5.74, 6) is 0.637. The summed E-state index contributed by atoms with van der Waals surface area (Å²) in [7, 11) is 0. The third kappa shape index (κ3) is 2.40. The van der Waals surface area contributed by atoms with Crippen molar-refractivity contribution in [2.24, 2.45) is 11.8 Å². The molecule has 0 amide bonds. The van der Waals surface area contributed by atoms with Gasteiger partial charge in [-0.2, -0.15) is 0 Å². The summed E-state index contributed by atoms with van der Waals surface area (Å²) in [6.07, 6.45) is 4.66. The first-order chi connectivity index (χ1) is 9.58. The van der Waals surface area contributed by atoms with Crippen LogP contribution in [-0.4, -0.2) is 28.6 Å². The molecule has 1 N–H and O–H groups in total. The van der Waals surface area contributed by atoms with Crippen molar-refractivity contribution in [3.63, 3.8) is 0 Å². The lowest BCUT2D eigenvalue weighted by Crippen LogP contribution is -2.50. The van der Waals surface area contributed by atoms with Gasteiger partial charge in [0.25, 0.3) is 0 Å². The lowest BCUT2D eigenvalue weighted by atomic mass is 9.78. The molecular weight excluding hydrogens is 270 g/mol. The van der Waals surface area contributed by atoms with E-state index in [1.807, 2.05) is 11.4 Å². The predicted molar refractivity (Wildman–Crippen MR) is 81.1 cm³/mol. The van der Waals surface area contributed by atoms with Crippen LogP contribution in [0.3, 0.4) is 0 Å². The second-order valence-electron chi connectivity index (χ2n) is 6.49. The highest BCUT2D eigenvalue weighted by Gasteiger charge is 2.40. The highest BCUT2D eigenvalue weighted by molar-refractivity contribution is 7.10. The number of hydrogen-bond donors (Lipinski definition) is 1. The largest absolute Gasteiger partial charge is 0.480 e. The van der Waals surface area contributed by atoms with Crippen molar-refractivity contribution in [2.45, 2.75) is 51.6 Å². The van der Waals surface area contributed by atoms with Crippen LogP contribution in [0, 0.1) is 11.8 Å². The second-order valence-corrected chi connectivity index (χ2v) is 7.49. The van der Waals surface area contributed by atoms with E-state index in [-0.39, 0.29) is 0 Å². The zero-order chi connectivity index (χ0) is 14.3. The van der Waals surface area contributed by atoms with Gasteiger partial charge < -0.3 is 5.11 Å². The number of carbonyl (C=O) groups is 1. The molecule has 3 rings (SSSR count). The second kappa shape index (κ2) is 5.49. The molecule has 0 radical (unpaired) electrons. The minimum atomic E-state index is -0.685. The molecule has 110 valence electrons. The van der Waals surface area contributed by atoms with E-state index in [0.29, 0.717) is 12.0 Å². The monoisotopic (exact) mass is 293 g/mol. The Kier molecular flexibility index (Phi) is 3.87. The Morgan fingerprint density at radius 3 is 2.95 bits per heavy atom. The van der Waals surface area contributed by atoms with E-state index in [0.717, 1.165) is 30.9 Å². The molecule has 1 saturated carbocycles. The third-order valence-electron chi connectivity index (χ3n) is 5.08. The average molecular weight is 293 g/mol. The molecule has 3 nitrogen and oxygen atoms in total. The molecule has 4 heteroatoms. The minimum Gasteiger partial charge on any atom is -0.480 e. The van der Waals surface area contributed by atoms with Crippen molar-refractivity contribution >= 4 is 17.3 Å². The molecule has 20 heavy (non-hydrogen) atoms. The Labute approximate surface area is 124 Å². The number of carboxylic acid groups (broad SMARTS) is 1. The van der Waals surface area contributed by atoms with E-state index >= 15 is 0 Å². The van der Waals surface area contributed by atoms with Crippen molar-refractivity contribution in [1.29, 1.82) is 0 Å². The lowest BCUT2D eigenvalue weighted by molar-refractivity contribution is -0.146. The molecule has 0 saturated heterocycles. The summed E-state index contributed by atoms with van der Waals surface area (Å²) in [4.78, 5) is 15.4. The highest BCUT2D eigenvalue weighted by Crippen LogP contribution is 2.40. The van der Waals surface area contributed by atoms with Crippen LogP contribution < -0.4 is 0 Å². The summed E-state index contributed by atoms with van der Waals surface area (Å²) < 4.78 is 0. The smallest absolute Gasteiger partial charge is 0.325 e. The molecule has 4 atom stereocenters. The van der Waals surface area contributed by atoms with Crippen LogP contribution in [0.2, 0.25) is 0 Å². The Morgan fingerprint density at radius 2 is 2.20 bits per heavy atom. The van der Waals surface area contributed by atoms with Crippen LogP contribution in [0.4, 0.5) is 0 Å². The number of aliphatic carboxylic acids is 1. The van der Waals surface area contributed by atoms with Crippen LogP contribution >= 0.6 is 11.3 Å². The van der Waals surface area contributed by atoms with Gasteiger partial charge in [-0.05, 0) is 48.1 Å². The number of hydrogen-bond acceptors (Lipinski definition) is 3. The van der Waals surface area contributed by atoms with Crippen molar-refractivity contribution in [3.05, 3.63) is 21.9 Å². The van der Waals surface area contributed by atoms with Crippen molar-refractivity contribution in [2.75, 3.05) is 6.54 Å². The zero-order valence-electron chi connectivity index (χ0n) is 12.2. The highest BCUT2D eigenvalue weighted by atomic mass is 32.1. The van der Waals surface area contributed by atoms with Gasteiger partial charge in [0.1, 0.15) is 6.04 Å². The van der Waals surface area contributed by atoms with Gasteiger partial charge in [0.15, 0.2) is 0 Å². The maximum Gasteiger partial charge on any atom is 0.325 e. The van der Waals surface area contributed by atoms with E-state index in [1.165, 1.54) is 17.7 Å². The number of fused-ring (bicyclic) bond motifs is 1. The Morgan fingerprint density at radius 1 is 1.40 bits per heavy atom. The Bertz CT molecular complexity index is 498. The zero-order valence-corrected chi connectivity index (χ0v) is 13.0. The molecule has 0 bridgehead atoms. The summed E-state index contributed by atoms with van der Waals surface area (Å²) in [5, 5.41) is 11.8. The number of nitrogens with zero attached hydrogens (tertiary/aromatic N) is 1. The van der Waals surface area contributed by atoms with Crippen LogP contribution in [0.1, 0.15) is 49.6 Å². The van der Waals surface area contributed by atoms with Crippen LogP contribution in [0.5, 0.6) is 0 Å². The summed E-state index contributed by atoms with van der Waals surface area (Å²) in [5.41, 5.74) is 1.04. The first-order valence-corrected chi connectivity index (χ1v) is 8.50. The van der Waals surface area contributed by atoms with Crippen molar-refractivity contribution in [3.8, 4) is 0 Å². The average Bonchev–Trinajstić information content (AvgIpc) is 2.88. The molecule has 1 aliphatic heterocycles. The SMILES string of the molecule is CC1CCC(C)C(N2CCc3sccc3C2C(=O)O)C1. The summed E-state index contributed by atoms with van der Waals surface area (Å²) in [6.45, 7) is 5.49. The van der Waals surface area contributed by atoms with E-state index < -0.39 is 12.0 Å². The van der Waals surface area contributed by atoms with Gasteiger partial charge in [-0.1, -0.05) is 20.3 Å². The maximum atomic E-state index is 11.8. The number of rotatable bonds is 2. The molecule has 2 aliphatic rings. The Hall–Kier alpha value is -0.870. The van der Waals surface area contributed by atoms with Gasteiger partial charge in [0.2, 0.25) is 0 Å². The van der Waals surface area contributed by atoms with Gasteiger partial charge >= 0.3 is 5.97 Å². The standard InChI is InChI=1S/C16H23NO2S/c1-10-3-4-11(2)13(9-10)17-7-5-14-12(6-8-20-14)15(17)16(18)19/h6,8,10-11,13,15H,3-5,7,9H2,1-2H3,(H,18,19). The minimum absolute atomic E-state index is 0.424. The van der Waals surface area contributed by atoms with Crippen LogP contribution in [0.15, 0.2) is 11.4 Å². The topological polar surface area (TPSA) is 40.5 Å². The molecular formula is C16H23NO2S. The number of carboxylic acids is 1. The van der Waals surface area contributed by atoms with Gasteiger partial charge in [0.05, 0.1) is 0 Å². The first kappa shape index (κ1) is 14.1. The van der Waals surface area contributed by atoms with Gasteiger partial charge in [0, 0.05) is 17.5 Å². The predicted octanol–water partition coefficient (Wildman–Crippen LogP) is 3.56. The summed E-state index contributed by atoms with van der Waals surface area (Å²) in [6, 6.07) is 2.01. The molecule has 2 heterocycles. The van der Waals surface area contributed by atoms with E-state index in [9.17, 15) is 9.90 Å². The Balaban J connectivity index is 1.90. The van der Waals surface area contributed by atoms with Crippen molar-refractivity contribution in [1.82, 2.24) is 4.90 Å². The molecule has 1 aromatic rings. The molecule has 0 aromatic carbocycles. The molecule has 1 fully saturated rings.